The van der Waals surface area contributed by atoms with E-state index < -0.39 is 0 Å². The first kappa shape index (κ1) is 16.3. The van der Waals surface area contributed by atoms with Gasteiger partial charge in [-0.25, -0.2) is 0 Å². The molecule has 0 fully saturated rings. The van der Waals surface area contributed by atoms with Gasteiger partial charge in [0, 0.05) is 16.7 Å². The molecule has 0 radical (unpaired) electrons. The lowest BCUT2D eigenvalue weighted by Gasteiger charge is -2.18. The van der Waals surface area contributed by atoms with Crippen molar-refractivity contribution in [1.29, 1.82) is 0 Å². The Hall–Kier alpha value is -2.52. The van der Waals surface area contributed by atoms with Gasteiger partial charge >= 0.3 is 0 Å². The highest BCUT2D eigenvalue weighted by atomic mass is 32.1. The number of thiol groups is 1. The number of carbonyl (C=O) groups excluding carboxylic acids is 1. The topological polar surface area (TPSA) is 26.3 Å². The SMILES string of the molecule is COc1ccc(C(=O)CS)c(-c2ccccc2)c1-c1ccccc1. The molecule has 0 bridgehead atoms. The number of carbonyl (C=O) groups is 1. The van der Waals surface area contributed by atoms with Gasteiger partial charge in [-0.1, -0.05) is 60.7 Å². The summed E-state index contributed by atoms with van der Waals surface area (Å²) in [5, 5.41) is 0. The van der Waals surface area contributed by atoms with Gasteiger partial charge in [-0.15, -0.1) is 0 Å². The van der Waals surface area contributed by atoms with Gasteiger partial charge in [0.15, 0.2) is 5.78 Å². The van der Waals surface area contributed by atoms with Crippen molar-refractivity contribution in [3.8, 4) is 28.0 Å². The predicted octanol–water partition coefficient (Wildman–Crippen LogP) is 5.14. The molecule has 0 amide bonds. The van der Waals surface area contributed by atoms with E-state index in [2.05, 4.69) is 12.6 Å². The molecule has 0 aliphatic heterocycles. The fourth-order valence-electron chi connectivity index (χ4n) is 2.87. The second-order valence-corrected chi connectivity index (χ2v) is 5.69. The van der Waals surface area contributed by atoms with Gasteiger partial charge in [-0.2, -0.15) is 12.6 Å². The zero-order valence-electron chi connectivity index (χ0n) is 13.4. The summed E-state index contributed by atoms with van der Waals surface area (Å²) < 4.78 is 5.60. The second kappa shape index (κ2) is 7.37. The fraction of sp³-hybridized carbons (Fsp3) is 0.0952. The van der Waals surface area contributed by atoms with Crippen LogP contribution < -0.4 is 4.74 Å². The van der Waals surface area contributed by atoms with E-state index in [1.165, 1.54) is 0 Å². The molecule has 120 valence electrons. The number of hydrogen-bond donors (Lipinski definition) is 1. The molecule has 3 aromatic carbocycles. The van der Waals surface area contributed by atoms with Crippen LogP contribution in [0.25, 0.3) is 22.3 Å². The Labute approximate surface area is 147 Å². The average molecular weight is 334 g/mol. The summed E-state index contributed by atoms with van der Waals surface area (Å²) in [6.45, 7) is 0. The highest BCUT2D eigenvalue weighted by molar-refractivity contribution is 7.81. The Balaban J connectivity index is 2.38. The summed E-state index contributed by atoms with van der Waals surface area (Å²) in [4.78, 5) is 12.5. The van der Waals surface area contributed by atoms with Crippen LogP contribution >= 0.6 is 12.6 Å². The maximum absolute atomic E-state index is 12.5. The standard InChI is InChI=1S/C21H18O2S/c1-23-19-13-12-17(18(22)14-24)20(15-8-4-2-5-9-15)21(19)16-10-6-3-7-11-16/h2-13,24H,14H2,1H3. The number of hydrogen-bond acceptors (Lipinski definition) is 3. The molecule has 3 heteroatoms. The van der Waals surface area contributed by atoms with Crippen LogP contribution in [-0.2, 0) is 0 Å². The predicted molar refractivity (Wildman–Crippen MR) is 102 cm³/mol. The minimum absolute atomic E-state index is 0.00276. The van der Waals surface area contributed by atoms with Crippen molar-refractivity contribution in [3.05, 3.63) is 78.4 Å². The molecule has 0 aliphatic carbocycles. The molecule has 0 atom stereocenters. The Bertz CT molecular complexity index is 842. The van der Waals surface area contributed by atoms with Crippen LogP contribution in [0.1, 0.15) is 10.4 Å². The summed E-state index contributed by atoms with van der Waals surface area (Å²) in [6, 6.07) is 23.6. The molecular formula is C21H18O2S. The van der Waals surface area contributed by atoms with Crippen LogP contribution in [0, 0.1) is 0 Å². The van der Waals surface area contributed by atoms with Gasteiger partial charge in [0.25, 0.3) is 0 Å². The summed E-state index contributed by atoms with van der Waals surface area (Å²) in [5.41, 5.74) is 4.48. The molecule has 0 saturated heterocycles. The highest BCUT2D eigenvalue weighted by Gasteiger charge is 2.20. The van der Waals surface area contributed by atoms with Crippen LogP contribution in [0.2, 0.25) is 0 Å². The zero-order valence-corrected chi connectivity index (χ0v) is 14.3. The van der Waals surface area contributed by atoms with E-state index in [9.17, 15) is 4.79 Å². The van der Waals surface area contributed by atoms with Crippen molar-refractivity contribution < 1.29 is 9.53 Å². The van der Waals surface area contributed by atoms with Crippen LogP contribution in [0.15, 0.2) is 72.8 Å². The van der Waals surface area contributed by atoms with E-state index in [-0.39, 0.29) is 11.5 Å². The average Bonchev–Trinajstić information content (AvgIpc) is 2.67. The van der Waals surface area contributed by atoms with Crippen molar-refractivity contribution in [1.82, 2.24) is 0 Å². The van der Waals surface area contributed by atoms with Crippen LogP contribution in [-0.4, -0.2) is 18.6 Å². The molecule has 0 spiro atoms. The van der Waals surface area contributed by atoms with Crippen molar-refractivity contribution in [3.63, 3.8) is 0 Å². The van der Waals surface area contributed by atoms with E-state index in [4.69, 9.17) is 4.74 Å². The number of rotatable bonds is 5. The molecule has 0 aromatic heterocycles. The maximum atomic E-state index is 12.5. The molecule has 0 N–H and O–H groups in total. The summed E-state index contributed by atoms with van der Waals surface area (Å²) >= 11 is 4.18. The fourth-order valence-corrected chi connectivity index (χ4v) is 3.04. The van der Waals surface area contributed by atoms with Crippen molar-refractivity contribution in [2.75, 3.05) is 12.9 Å². The zero-order chi connectivity index (χ0) is 16.9. The third-order valence-corrected chi connectivity index (χ3v) is 4.24. The third-order valence-electron chi connectivity index (χ3n) is 3.96. The van der Waals surface area contributed by atoms with Gasteiger partial charge in [-0.3, -0.25) is 4.79 Å². The molecule has 0 unspecified atom stereocenters. The normalized spacial score (nSPS) is 10.4. The molecule has 0 saturated carbocycles. The molecule has 0 aliphatic rings. The number of benzene rings is 3. The maximum Gasteiger partial charge on any atom is 0.173 e. The second-order valence-electron chi connectivity index (χ2n) is 5.38. The number of ketones is 1. The van der Waals surface area contributed by atoms with E-state index in [0.717, 1.165) is 28.0 Å². The summed E-state index contributed by atoms with van der Waals surface area (Å²) in [6.07, 6.45) is 0. The third kappa shape index (κ3) is 3.08. The molecule has 0 heterocycles. The Morgan fingerprint density at radius 3 is 1.88 bits per heavy atom. The molecule has 24 heavy (non-hydrogen) atoms. The van der Waals surface area contributed by atoms with E-state index in [1.807, 2.05) is 72.8 Å². The smallest absolute Gasteiger partial charge is 0.173 e. The molecule has 3 rings (SSSR count). The van der Waals surface area contributed by atoms with Gasteiger partial charge < -0.3 is 4.74 Å². The minimum Gasteiger partial charge on any atom is -0.496 e. The van der Waals surface area contributed by atoms with Gasteiger partial charge in [-0.05, 0) is 23.3 Å². The van der Waals surface area contributed by atoms with Crippen LogP contribution in [0.3, 0.4) is 0 Å². The first-order chi connectivity index (χ1) is 11.8. The van der Waals surface area contributed by atoms with Crippen molar-refractivity contribution in [2.45, 2.75) is 0 Å². The molecule has 2 nitrogen and oxygen atoms in total. The van der Waals surface area contributed by atoms with Gasteiger partial charge in [0.2, 0.25) is 0 Å². The summed E-state index contributed by atoms with van der Waals surface area (Å²) in [5.74, 6) is 0.910. The lowest BCUT2D eigenvalue weighted by atomic mass is 9.88. The Morgan fingerprint density at radius 1 is 0.833 bits per heavy atom. The van der Waals surface area contributed by atoms with Crippen molar-refractivity contribution >= 4 is 18.4 Å². The minimum atomic E-state index is -0.00276. The molecule has 3 aromatic rings. The largest absolute Gasteiger partial charge is 0.496 e. The quantitative estimate of drug-likeness (QED) is 0.516. The lowest BCUT2D eigenvalue weighted by Crippen LogP contribution is -2.05. The number of ether oxygens (including phenoxy) is 1. The van der Waals surface area contributed by atoms with Crippen LogP contribution in [0.4, 0.5) is 0 Å². The Morgan fingerprint density at radius 2 is 1.38 bits per heavy atom. The number of Topliss-reactive ketones (excluding diaryl/α,β-unsaturated/α-hetero) is 1. The monoisotopic (exact) mass is 334 g/mol. The number of methoxy groups -OCH3 is 1. The van der Waals surface area contributed by atoms with Gasteiger partial charge in [0.05, 0.1) is 12.9 Å². The highest BCUT2D eigenvalue weighted by Crippen LogP contribution is 2.41. The first-order valence-corrected chi connectivity index (χ1v) is 8.35. The van der Waals surface area contributed by atoms with E-state index >= 15 is 0 Å². The first-order valence-electron chi connectivity index (χ1n) is 7.72. The van der Waals surface area contributed by atoms with E-state index in [1.54, 1.807) is 7.11 Å². The Kier molecular flexibility index (Phi) is 5.02. The van der Waals surface area contributed by atoms with E-state index in [0.29, 0.717) is 5.56 Å². The van der Waals surface area contributed by atoms with Gasteiger partial charge in [0.1, 0.15) is 5.75 Å². The summed E-state index contributed by atoms with van der Waals surface area (Å²) in [7, 11) is 1.65. The van der Waals surface area contributed by atoms with Crippen molar-refractivity contribution in [2.24, 2.45) is 0 Å². The lowest BCUT2D eigenvalue weighted by molar-refractivity contribution is 0.102. The van der Waals surface area contributed by atoms with Crippen LogP contribution in [0.5, 0.6) is 5.75 Å². The molecular weight excluding hydrogens is 316 g/mol.